The Morgan fingerprint density at radius 2 is 1.71 bits per heavy atom. The van der Waals surface area contributed by atoms with Gasteiger partial charge in [-0.1, -0.05) is 30.3 Å². The number of rotatable bonds is 4. The van der Waals surface area contributed by atoms with E-state index in [-0.39, 0.29) is 16.8 Å². The molecular formula is C21H21FN4OS. The number of carbonyl (C=O) groups is 1. The van der Waals surface area contributed by atoms with Crippen LogP contribution in [0.15, 0.2) is 60.7 Å². The van der Waals surface area contributed by atoms with E-state index in [4.69, 9.17) is 12.2 Å². The molecule has 0 aliphatic rings. The topological polar surface area (TPSA) is 58.1 Å². The van der Waals surface area contributed by atoms with Crippen molar-refractivity contribution >= 4 is 23.2 Å². The normalized spacial score (nSPS) is 10.4. The Balaban J connectivity index is 1.59. The van der Waals surface area contributed by atoms with Crippen molar-refractivity contribution in [1.82, 2.24) is 20.7 Å². The predicted octanol–water partition coefficient (Wildman–Crippen LogP) is 3.54. The van der Waals surface area contributed by atoms with Gasteiger partial charge in [-0.3, -0.25) is 15.6 Å². The first-order chi connectivity index (χ1) is 13.5. The van der Waals surface area contributed by atoms with E-state index in [0.717, 1.165) is 22.6 Å². The van der Waals surface area contributed by atoms with Crippen molar-refractivity contribution in [2.75, 3.05) is 0 Å². The minimum absolute atomic E-state index is 0.273. The zero-order chi connectivity index (χ0) is 20.1. The number of nitrogens with zero attached hydrogens (tertiary/aromatic N) is 1. The van der Waals surface area contributed by atoms with Crippen molar-refractivity contribution in [2.24, 2.45) is 0 Å². The number of hydrazine groups is 1. The maximum Gasteiger partial charge on any atom is 0.271 e. The molecule has 0 radical (unpaired) electrons. The van der Waals surface area contributed by atoms with Gasteiger partial charge in [0.1, 0.15) is 5.82 Å². The van der Waals surface area contributed by atoms with Crippen LogP contribution in [0.25, 0.3) is 5.69 Å². The molecule has 0 unspecified atom stereocenters. The molecule has 144 valence electrons. The fraction of sp³-hybridized carbons (Fsp3) is 0.143. The summed E-state index contributed by atoms with van der Waals surface area (Å²) in [6, 6.07) is 17.8. The number of aromatic nitrogens is 1. The van der Waals surface area contributed by atoms with E-state index >= 15 is 0 Å². The summed E-state index contributed by atoms with van der Waals surface area (Å²) in [6.45, 7) is 4.28. The van der Waals surface area contributed by atoms with Gasteiger partial charge < -0.3 is 9.88 Å². The number of amides is 1. The van der Waals surface area contributed by atoms with Crippen LogP contribution in [-0.4, -0.2) is 15.6 Å². The number of nitrogens with one attached hydrogen (secondary N) is 3. The zero-order valence-electron chi connectivity index (χ0n) is 15.6. The van der Waals surface area contributed by atoms with Crippen LogP contribution in [0.1, 0.15) is 27.3 Å². The Bertz CT molecular complexity index is 984. The maximum atomic E-state index is 12.9. The standard InChI is InChI=1S/C21H21FN4OS/c1-14-12-19(15(2)26(14)18-6-4-3-5-7-18)20(27)24-25-21(28)23-13-16-8-10-17(22)11-9-16/h3-12H,13H2,1-2H3,(H,24,27)(H2,23,25,28). The number of hydrogen-bond acceptors (Lipinski definition) is 2. The van der Waals surface area contributed by atoms with Crippen LogP contribution in [-0.2, 0) is 6.54 Å². The lowest BCUT2D eigenvalue weighted by Gasteiger charge is -2.12. The fourth-order valence-electron chi connectivity index (χ4n) is 2.98. The first kappa shape index (κ1) is 19.6. The van der Waals surface area contributed by atoms with Gasteiger partial charge in [-0.05, 0) is 62.0 Å². The van der Waals surface area contributed by atoms with E-state index in [1.165, 1.54) is 12.1 Å². The number of thiocarbonyl (C=S) groups is 1. The number of carbonyl (C=O) groups excluding carboxylic acids is 1. The van der Waals surface area contributed by atoms with Crippen LogP contribution in [0.3, 0.4) is 0 Å². The molecule has 7 heteroatoms. The van der Waals surface area contributed by atoms with Gasteiger partial charge in [-0.15, -0.1) is 0 Å². The minimum atomic E-state index is -0.287. The molecule has 28 heavy (non-hydrogen) atoms. The summed E-state index contributed by atoms with van der Waals surface area (Å²) in [5, 5.41) is 3.23. The Kier molecular flexibility index (Phi) is 6.06. The molecule has 0 aliphatic heterocycles. The van der Waals surface area contributed by atoms with Crippen molar-refractivity contribution < 1.29 is 9.18 Å². The maximum absolute atomic E-state index is 12.9. The van der Waals surface area contributed by atoms with E-state index < -0.39 is 0 Å². The number of aryl methyl sites for hydroxylation is 1. The van der Waals surface area contributed by atoms with Crippen molar-refractivity contribution in [3.8, 4) is 5.69 Å². The lowest BCUT2D eigenvalue weighted by atomic mass is 10.2. The Morgan fingerprint density at radius 3 is 2.39 bits per heavy atom. The SMILES string of the molecule is Cc1cc(C(=O)NNC(=S)NCc2ccc(F)cc2)c(C)n1-c1ccccc1. The van der Waals surface area contributed by atoms with Gasteiger partial charge >= 0.3 is 0 Å². The lowest BCUT2D eigenvalue weighted by molar-refractivity contribution is 0.0943. The van der Waals surface area contributed by atoms with Gasteiger partial charge in [0.15, 0.2) is 5.11 Å². The second kappa shape index (κ2) is 8.67. The molecule has 1 amide bonds. The largest absolute Gasteiger partial charge is 0.357 e. The van der Waals surface area contributed by atoms with Crippen LogP contribution in [0.5, 0.6) is 0 Å². The second-order valence-electron chi connectivity index (χ2n) is 6.34. The average molecular weight is 396 g/mol. The number of para-hydroxylation sites is 1. The van der Waals surface area contributed by atoms with Crippen LogP contribution in [0.4, 0.5) is 4.39 Å². The molecule has 5 nitrogen and oxygen atoms in total. The van der Waals surface area contributed by atoms with Gasteiger partial charge in [-0.25, -0.2) is 4.39 Å². The third-order valence-corrected chi connectivity index (χ3v) is 4.59. The lowest BCUT2D eigenvalue weighted by Crippen LogP contribution is -2.46. The third kappa shape index (κ3) is 4.55. The molecule has 3 N–H and O–H groups in total. The highest BCUT2D eigenvalue weighted by atomic mass is 32.1. The van der Waals surface area contributed by atoms with E-state index in [0.29, 0.717) is 12.1 Å². The molecule has 3 rings (SSSR count). The first-order valence-corrected chi connectivity index (χ1v) is 9.19. The highest BCUT2D eigenvalue weighted by Crippen LogP contribution is 2.20. The smallest absolute Gasteiger partial charge is 0.271 e. The predicted molar refractivity (Wildman–Crippen MR) is 112 cm³/mol. The molecule has 1 heterocycles. The molecule has 0 bridgehead atoms. The van der Waals surface area contributed by atoms with Crippen LogP contribution >= 0.6 is 12.2 Å². The van der Waals surface area contributed by atoms with Crippen molar-refractivity contribution in [2.45, 2.75) is 20.4 Å². The summed E-state index contributed by atoms with van der Waals surface area (Å²) in [6.07, 6.45) is 0. The molecule has 0 saturated carbocycles. The number of halogens is 1. The molecule has 0 fully saturated rings. The number of hydrogen-bond donors (Lipinski definition) is 3. The van der Waals surface area contributed by atoms with Gasteiger partial charge in [0, 0.05) is 23.6 Å². The van der Waals surface area contributed by atoms with E-state index in [2.05, 4.69) is 16.2 Å². The summed E-state index contributed by atoms with van der Waals surface area (Å²) in [7, 11) is 0. The van der Waals surface area contributed by atoms with Gasteiger partial charge in [-0.2, -0.15) is 0 Å². The fourth-order valence-corrected chi connectivity index (χ4v) is 3.10. The first-order valence-electron chi connectivity index (χ1n) is 8.78. The highest BCUT2D eigenvalue weighted by Gasteiger charge is 2.16. The average Bonchev–Trinajstić information content (AvgIpc) is 3.00. The Morgan fingerprint density at radius 1 is 1.04 bits per heavy atom. The van der Waals surface area contributed by atoms with E-state index in [1.54, 1.807) is 12.1 Å². The molecule has 3 aromatic rings. The van der Waals surface area contributed by atoms with Crippen molar-refractivity contribution in [3.63, 3.8) is 0 Å². The monoisotopic (exact) mass is 396 g/mol. The molecular weight excluding hydrogens is 375 g/mol. The summed E-state index contributed by atoms with van der Waals surface area (Å²) >= 11 is 5.17. The van der Waals surface area contributed by atoms with E-state index in [1.807, 2.05) is 54.8 Å². The third-order valence-electron chi connectivity index (χ3n) is 4.35. The summed E-state index contributed by atoms with van der Waals surface area (Å²) in [5.74, 6) is -0.564. The quantitative estimate of drug-likeness (QED) is 0.466. The minimum Gasteiger partial charge on any atom is -0.357 e. The van der Waals surface area contributed by atoms with Gasteiger partial charge in [0.2, 0.25) is 0 Å². The molecule has 0 spiro atoms. The van der Waals surface area contributed by atoms with Crippen molar-refractivity contribution in [3.05, 3.63) is 89.0 Å². The summed E-state index contributed by atoms with van der Waals surface area (Å²) in [4.78, 5) is 12.6. The van der Waals surface area contributed by atoms with Gasteiger partial charge in [0.25, 0.3) is 5.91 Å². The molecule has 0 saturated heterocycles. The Hall–Kier alpha value is -3.19. The summed E-state index contributed by atoms with van der Waals surface area (Å²) < 4.78 is 14.9. The summed E-state index contributed by atoms with van der Waals surface area (Å²) in [5.41, 5.74) is 9.56. The van der Waals surface area contributed by atoms with Gasteiger partial charge in [0.05, 0.1) is 5.56 Å². The van der Waals surface area contributed by atoms with Crippen molar-refractivity contribution in [1.29, 1.82) is 0 Å². The molecule has 2 aromatic carbocycles. The highest BCUT2D eigenvalue weighted by molar-refractivity contribution is 7.80. The van der Waals surface area contributed by atoms with Crippen LogP contribution in [0.2, 0.25) is 0 Å². The molecule has 0 atom stereocenters. The number of benzene rings is 2. The van der Waals surface area contributed by atoms with Crippen LogP contribution < -0.4 is 16.2 Å². The molecule has 0 aliphatic carbocycles. The molecule has 1 aromatic heterocycles. The van der Waals surface area contributed by atoms with E-state index in [9.17, 15) is 9.18 Å². The second-order valence-corrected chi connectivity index (χ2v) is 6.75. The zero-order valence-corrected chi connectivity index (χ0v) is 16.4. The van der Waals surface area contributed by atoms with Crippen LogP contribution in [0, 0.1) is 19.7 Å². The Labute approximate surface area is 168 Å².